The molecule has 0 radical (unpaired) electrons. The van der Waals surface area contributed by atoms with Crippen LogP contribution in [0, 0.1) is 5.92 Å². The number of thioether (sulfide) groups is 1. The van der Waals surface area contributed by atoms with Crippen molar-refractivity contribution in [2.45, 2.75) is 76.5 Å². The molecule has 13 heteroatoms. The Morgan fingerprint density at radius 2 is 1.67 bits per heavy atom. The standard InChI is InChI=1S/C23H41N7O5S/c1-14(2)10-19(23(34)35)30-22(33)18(11-15-12-26-13-27-15)29-21(32)17(7-9-36-3)28-20(31)16(25)6-4-5-8-24/h12-14,16-19H,4-11,24-25H2,1-3H3,(H,26,27)(H,28,31)(H,29,32)(H,30,33)(H,34,35). The van der Waals surface area contributed by atoms with Crippen LogP contribution in [0.3, 0.4) is 0 Å². The molecule has 36 heavy (non-hydrogen) atoms. The molecular formula is C23H41N7O5S. The Labute approximate surface area is 216 Å². The van der Waals surface area contributed by atoms with Crippen molar-refractivity contribution in [1.29, 1.82) is 0 Å². The Bertz CT molecular complexity index is 822. The van der Waals surface area contributed by atoms with Gasteiger partial charge in [0.15, 0.2) is 0 Å². The number of carbonyl (C=O) groups is 4. The second-order valence-electron chi connectivity index (χ2n) is 9.10. The van der Waals surface area contributed by atoms with Crippen LogP contribution in [0.1, 0.15) is 51.6 Å². The summed E-state index contributed by atoms with van der Waals surface area (Å²) in [6.45, 7) is 4.21. The van der Waals surface area contributed by atoms with Crippen LogP contribution in [0.2, 0.25) is 0 Å². The first-order valence-corrected chi connectivity index (χ1v) is 13.5. The van der Waals surface area contributed by atoms with E-state index < -0.39 is 47.9 Å². The molecule has 0 bridgehead atoms. The smallest absolute Gasteiger partial charge is 0.326 e. The maximum Gasteiger partial charge on any atom is 0.326 e. The van der Waals surface area contributed by atoms with E-state index in [-0.39, 0.29) is 18.8 Å². The van der Waals surface area contributed by atoms with Crippen molar-refractivity contribution < 1.29 is 24.3 Å². The summed E-state index contributed by atoms with van der Waals surface area (Å²) in [5.74, 6) is -2.18. The van der Waals surface area contributed by atoms with Gasteiger partial charge in [0.2, 0.25) is 17.7 Å². The van der Waals surface area contributed by atoms with Gasteiger partial charge in [-0.3, -0.25) is 14.4 Å². The van der Waals surface area contributed by atoms with Gasteiger partial charge in [-0.25, -0.2) is 9.78 Å². The Morgan fingerprint density at radius 1 is 1.03 bits per heavy atom. The molecule has 12 nitrogen and oxygen atoms in total. The summed E-state index contributed by atoms with van der Waals surface area (Å²) < 4.78 is 0. The van der Waals surface area contributed by atoms with Crippen LogP contribution in [0.4, 0.5) is 0 Å². The zero-order valence-electron chi connectivity index (χ0n) is 21.3. The molecule has 1 aromatic heterocycles. The largest absolute Gasteiger partial charge is 0.480 e. The zero-order valence-corrected chi connectivity index (χ0v) is 22.1. The SMILES string of the molecule is CSCCC(NC(=O)C(N)CCCCN)C(=O)NC(Cc1cnc[nH]1)C(=O)NC(CC(C)C)C(=O)O. The van der Waals surface area contributed by atoms with E-state index in [4.69, 9.17) is 11.5 Å². The first-order valence-electron chi connectivity index (χ1n) is 12.1. The minimum Gasteiger partial charge on any atom is -0.480 e. The van der Waals surface area contributed by atoms with E-state index in [0.717, 1.165) is 6.42 Å². The molecule has 9 N–H and O–H groups in total. The highest BCUT2D eigenvalue weighted by Gasteiger charge is 2.30. The Hall–Kier alpha value is -2.64. The minimum absolute atomic E-state index is 0.0345. The second-order valence-corrected chi connectivity index (χ2v) is 10.1. The molecule has 0 aromatic carbocycles. The lowest BCUT2D eigenvalue weighted by Gasteiger charge is -2.25. The number of rotatable bonds is 18. The molecule has 0 aliphatic rings. The van der Waals surface area contributed by atoms with Gasteiger partial charge in [-0.2, -0.15) is 11.8 Å². The molecular weight excluding hydrogens is 486 g/mol. The molecule has 4 atom stereocenters. The Kier molecular flexibility index (Phi) is 14.8. The van der Waals surface area contributed by atoms with Crippen molar-refractivity contribution in [1.82, 2.24) is 25.9 Å². The van der Waals surface area contributed by atoms with Crippen LogP contribution < -0.4 is 27.4 Å². The van der Waals surface area contributed by atoms with Gasteiger partial charge in [0.05, 0.1) is 12.4 Å². The van der Waals surface area contributed by atoms with E-state index in [1.807, 2.05) is 20.1 Å². The fraction of sp³-hybridized carbons (Fsp3) is 0.696. The van der Waals surface area contributed by atoms with E-state index >= 15 is 0 Å². The summed E-state index contributed by atoms with van der Waals surface area (Å²) >= 11 is 1.51. The number of aromatic nitrogens is 2. The maximum absolute atomic E-state index is 13.2. The summed E-state index contributed by atoms with van der Waals surface area (Å²) in [4.78, 5) is 57.3. The first kappa shape index (κ1) is 31.4. The average Bonchev–Trinajstić information content (AvgIpc) is 3.33. The van der Waals surface area contributed by atoms with Gasteiger partial charge in [-0.05, 0) is 50.2 Å². The van der Waals surface area contributed by atoms with Gasteiger partial charge < -0.3 is 37.5 Å². The average molecular weight is 528 g/mol. The fourth-order valence-electron chi connectivity index (χ4n) is 3.49. The predicted molar refractivity (Wildman–Crippen MR) is 139 cm³/mol. The monoisotopic (exact) mass is 527 g/mol. The van der Waals surface area contributed by atoms with Crippen LogP contribution in [-0.4, -0.2) is 81.5 Å². The number of imidazole rings is 1. The van der Waals surface area contributed by atoms with E-state index in [0.29, 0.717) is 37.3 Å². The lowest BCUT2D eigenvalue weighted by atomic mass is 10.0. The Balaban J connectivity index is 2.99. The molecule has 3 amide bonds. The van der Waals surface area contributed by atoms with Crippen molar-refractivity contribution in [3.8, 4) is 0 Å². The van der Waals surface area contributed by atoms with Crippen LogP contribution in [0.15, 0.2) is 12.5 Å². The number of H-pyrrole nitrogens is 1. The molecule has 0 saturated carbocycles. The highest BCUT2D eigenvalue weighted by atomic mass is 32.2. The molecule has 204 valence electrons. The lowest BCUT2D eigenvalue weighted by molar-refractivity contribution is -0.142. The van der Waals surface area contributed by atoms with Crippen LogP contribution in [0.25, 0.3) is 0 Å². The number of nitrogens with zero attached hydrogens (tertiary/aromatic N) is 1. The molecule has 1 aromatic rings. The number of nitrogens with two attached hydrogens (primary N) is 2. The maximum atomic E-state index is 13.2. The predicted octanol–water partition coefficient (Wildman–Crippen LogP) is -0.253. The van der Waals surface area contributed by atoms with Gasteiger partial charge in [0.1, 0.15) is 18.1 Å². The van der Waals surface area contributed by atoms with Crippen molar-refractivity contribution >= 4 is 35.5 Å². The summed E-state index contributed by atoms with van der Waals surface area (Å²) in [5, 5.41) is 17.4. The highest BCUT2D eigenvalue weighted by molar-refractivity contribution is 7.98. The lowest BCUT2D eigenvalue weighted by Crippen LogP contribution is -2.57. The number of unbranched alkanes of at least 4 members (excludes halogenated alkanes) is 1. The van der Waals surface area contributed by atoms with Crippen molar-refractivity contribution in [2.24, 2.45) is 17.4 Å². The highest BCUT2D eigenvalue weighted by Crippen LogP contribution is 2.08. The molecule has 0 aliphatic carbocycles. The number of aromatic amines is 1. The minimum atomic E-state index is -1.16. The third-order valence-electron chi connectivity index (χ3n) is 5.48. The fourth-order valence-corrected chi connectivity index (χ4v) is 3.96. The van der Waals surface area contributed by atoms with Gasteiger partial charge in [-0.15, -0.1) is 0 Å². The molecule has 0 saturated heterocycles. The third kappa shape index (κ3) is 11.9. The van der Waals surface area contributed by atoms with Crippen molar-refractivity contribution in [2.75, 3.05) is 18.6 Å². The number of hydrogen-bond acceptors (Lipinski definition) is 8. The van der Waals surface area contributed by atoms with E-state index in [9.17, 15) is 24.3 Å². The van der Waals surface area contributed by atoms with Crippen LogP contribution >= 0.6 is 11.8 Å². The second kappa shape index (κ2) is 16.9. The number of amides is 3. The first-order chi connectivity index (χ1) is 17.1. The molecule has 4 unspecified atom stereocenters. The van der Waals surface area contributed by atoms with Crippen LogP contribution in [0.5, 0.6) is 0 Å². The quantitative estimate of drug-likeness (QED) is 0.125. The molecule has 0 spiro atoms. The summed E-state index contributed by atoms with van der Waals surface area (Å²) in [6, 6.07) is -3.87. The molecule has 1 heterocycles. The van der Waals surface area contributed by atoms with Gasteiger partial charge in [-0.1, -0.05) is 20.3 Å². The van der Waals surface area contributed by atoms with Crippen LogP contribution in [-0.2, 0) is 25.6 Å². The number of hydrogen-bond donors (Lipinski definition) is 7. The molecule has 1 rings (SSSR count). The Morgan fingerprint density at radius 3 is 2.22 bits per heavy atom. The summed E-state index contributed by atoms with van der Waals surface area (Å²) in [5.41, 5.74) is 12.0. The zero-order chi connectivity index (χ0) is 27.1. The number of carboxylic acid groups (broad SMARTS) is 1. The number of aliphatic carboxylic acids is 1. The van der Waals surface area contributed by atoms with Crippen molar-refractivity contribution in [3.05, 3.63) is 18.2 Å². The van der Waals surface area contributed by atoms with E-state index in [1.54, 1.807) is 0 Å². The number of nitrogens with one attached hydrogen (secondary N) is 4. The van der Waals surface area contributed by atoms with Gasteiger partial charge in [0.25, 0.3) is 0 Å². The van der Waals surface area contributed by atoms with Gasteiger partial charge in [0, 0.05) is 18.3 Å². The van der Waals surface area contributed by atoms with Crippen molar-refractivity contribution in [3.63, 3.8) is 0 Å². The number of carboxylic acids is 1. The molecule has 0 aliphatic heterocycles. The van der Waals surface area contributed by atoms with Gasteiger partial charge >= 0.3 is 5.97 Å². The summed E-state index contributed by atoms with van der Waals surface area (Å²) in [6.07, 6.45) is 7.35. The summed E-state index contributed by atoms with van der Waals surface area (Å²) in [7, 11) is 0. The molecule has 0 fully saturated rings. The van der Waals surface area contributed by atoms with E-state index in [1.165, 1.54) is 24.3 Å². The topological polar surface area (TPSA) is 205 Å². The normalized spacial score (nSPS) is 14.5. The number of carbonyl (C=O) groups excluding carboxylic acids is 3. The third-order valence-corrected chi connectivity index (χ3v) is 6.13. The van der Waals surface area contributed by atoms with E-state index in [2.05, 4.69) is 25.9 Å².